The molecule has 0 radical (unpaired) electrons. The van der Waals surface area contributed by atoms with E-state index >= 15 is 0 Å². The number of carbonyl (C=O) groups is 1. The first-order valence-corrected chi connectivity index (χ1v) is 8.92. The van der Waals surface area contributed by atoms with Gasteiger partial charge in [0.25, 0.3) is 0 Å². The summed E-state index contributed by atoms with van der Waals surface area (Å²) in [6, 6.07) is -0.0960. The summed E-state index contributed by atoms with van der Waals surface area (Å²) in [4.78, 5) is 11.7. The highest BCUT2D eigenvalue weighted by atomic mass is 32.2. The lowest BCUT2D eigenvalue weighted by Gasteiger charge is -2.28. The highest BCUT2D eigenvalue weighted by Crippen LogP contribution is 2.26. The fraction of sp³-hybridized carbons (Fsp3) is 0.923. The molecule has 19 heavy (non-hydrogen) atoms. The number of rotatable bonds is 4. The van der Waals surface area contributed by atoms with Gasteiger partial charge in [0.1, 0.15) is 6.10 Å². The van der Waals surface area contributed by atoms with Crippen molar-refractivity contribution in [3.05, 3.63) is 0 Å². The van der Waals surface area contributed by atoms with Gasteiger partial charge in [0, 0.05) is 6.04 Å². The summed E-state index contributed by atoms with van der Waals surface area (Å²) >= 11 is 0. The zero-order chi connectivity index (χ0) is 13.9. The lowest BCUT2D eigenvalue weighted by atomic mass is 9.88. The molecule has 3 atom stereocenters. The van der Waals surface area contributed by atoms with E-state index in [0.29, 0.717) is 12.3 Å². The minimum atomic E-state index is -2.89. The number of ether oxygens (including phenoxy) is 1. The van der Waals surface area contributed by atoms with Crippen molar-refractivity contribution in [2.24, 2.45) is 5.92 Å². The first-order chi connectivity index (χ1) is 8.96. The molecule has 0 aromatic carbocycles. The Kier molecular flexibility index (Phi) is 4.84. The van der Waals surface area contributed by atoms with E-state index in [1.807, 2.05) is 0 Å². The minimum absolute atomic E-state index is 0.0374. The molecule has 110 valence electrons. The predicted octanol–water partition coefficient (Wildman–Crippen LogP) is 0.885. The van der Waals surface area contributed by atoms with Crippen LogP contribution < -0.4 is 5.32 Å². The van der Waals surface area contributed by atoms with Crippen molar-refractivity contribution >= 4 is 15.8 Å². The zero-order valence-electron chi connectivity index (χ0n) is 11.4. The molecule has 0 amide bonds. The molecule has 0 aromatic rings. The molecule has 6 heteroatoms. The largest absolute Gasteiger partial charge is 0.461 e. The van der Waals surface area contributed by atoms with E-state index in [2.05, 4.69) is 12.2 Å². The fourth-order valence-electron chi connectivity index (χ4n) is 2.85. The van der Waals surface area contributed by atoms with Gasteiger partial charge in [0.15, 0.2) is 9.84 Å². The van der Waals surface area contributed by atoms with Crippen molar-refractivity contribution in [3.63, 3.8) is 0 Å². The third-order valence-electron chi connectivity index (χ3n) is 4.08. The summed E-state index contributed by atoms with van der Waals surface area (Å²) < 4.78 is 28.0. The summed E-state index contributed by atoms with van der Waals surface area (Å²) in [5.41, 5.74) is 0. The van der Waals surface area contributed by atoms with E-state index in [-0.39, 0.29) is 36.2 Å². The Bertz CT molecular complexity index is 420. The number of hydrogen-bond acceptors (Lipinski definition) is 5. The SMILES string of the molecule is CC1CCCCC1OC(=O)CNC1CCS(=O)(=O)C1. The second-order valence-electron chi connectivity index (χ2n) is 5.77. The number of carbonyl (C=O) groups excluding carboxylic acids is 1. The van der Waals surface area contributed by atoms with Crippen LogP contribution >= 0.6 is 0 Å². The van der Waals surface area contributed by atoms with Crippen molar-refractivity contribution < 1.29 is 17.9 Å². The van der Waals surface area contributed by atoms with Gasteiger partial charge in [-0.15, -0.1) is 0 Å². The van der Waals surface area contributed by atoms with Gasteiger partial charge in [-0.1, -0.05) is 13.3 Å². The Morgan fingerprint density at radius 3 is 2.63 bits per heavy atom. The smallest absolute Gasteiger partial charge is 0.320 e. The maximum Gasteiger partial charge on any atom is 0.320 e. The van der Waals surface area contributed by atoms with Crippen LogP contribution in [-0.4, -0.2) is 44.6 Å². The van der Waals surface area contributed by atoms with Crippen LogP contribution in [0.2, 0.25) is 0 Å². The summed E-state index contributed by atoms with van der Waals surface area (Å²) in [5.74, 6) is 0.534. The Labute approximate surface area is 115 Å². The standard InChI is InChI=1S/C13H23NO4S/c1-10-4-2-3-5-12(10)18-13(15)8-14-11-6-7-19(16,17)9-11/h10-12,14H,2-9H2,1H3. The molecule has 1 aliphatic carbocycles. The van der Waals surface area contributed by atoms with Gasteiger partial charge in [0.05, 0.1) is 18.1 Å². The van der Waals surface area contributed by atoms with Gasteiger partial charge in [-0.3, -0.25) is 4.79 Å². The van der Waals surface area contributed by atoms with Crippen molar-refractivity contribution in [1.82, 2.24) is 5.32 Å². The lowest BCUT2D eigenvalue weighted by molar-refractivity contribution is -0.152. The molecule has 2 fully saturated rings. The number of sulfone groups is 1. The predicted molar refractivity (Wildman–Crippen MR) is 72.6 cm³/mol. The van der Waals surface area contributed by atoms with Crippen molar-refractivity contribution in [2.45, 2.75) is 51.2 Å². The molecule has 1 aliphatic heterocycles. The molecule has 1 saturated carbocycles. The summed E-state index contributed by atoms with van der Waals surface area (Å²) in [5, 5.41) is 2.99. The number of nitrogens with one attached hydrogen (secondary N) is 1. The zero-order valence-corrected chi connectivity index (χ0v) is 12.2. The molecule has 2 rings (SSSR count). The molecule has 1 N–H and O–H groups in total. The number of esters is 1. The molecular formula is C13H23NO4S. The van der Waals surface area contributed by atoms with Crippen LogP contribution in [0.3, 0.4) is 0 Å². The van der Waals surface area contributed by atoms with Gasteiger partial charge in [-0.25, -0.2) is 8.42 Å². The summed E-state index contributed by atoms with van der Waals surface area (Å²) in [7, 11) is -2.89. The number of hydrogen-bond donors (Lipinski definition) is 1. The molecule has 5 nitrogen and oxygen atoms in total. The third-order valence-corrected chi connectivity index (χ3v) is 5.85. The van der Waals surface area contributed by atoms with Crippen molar-refractivity contribution in [2.75, 3.05) is 18.1 Å². The first-order valence-electron chi connectivity index (χ1n) is 7.09. The second kappa shape index (κ2) is 6.22. The summed E-state index contributed by atoms with van der Waals surface area (Å²) in [6.07, 6.45) is 5.03. The molecular weight excluding hydrogens is 266 g/mol. The van der Waals surface area contributed by atoms with Crippen LogP contribution in [-0.2, 0) is 19.4 Å². The van der Waals surface area contributed by atoms with E-state index in [4.69, 9.17) is 4.74 Å². The molecule has 0 spiro atoms. The third kappa shape index (κ3) is 4.45. The highest BCUT2D eigenvalue weighted by molar-refractivity contribution is 7.91. The topological polar surface area (TPSA) is 72.5 Å². The van der Waals surface area contributed by atoms with Crippen LogP contribution in [0.1, 0.15) is 39.0 Å². The Morgan fingerprint density at radius 2 is 2.00 bits per heavy atom. The van der Waals surface area contributed by atoms with Gasteiger partial charge in [-0.05, 0) is 31.6 Å². The highest BCUT2D eigenvalue weighted by Gasteiger charge is 2.29. The van der Waals surface area contributed by atoms with Gasteiger partial charge < -0.3 is 10.1 Å². The van der Waals surface area contributed by atoms with E-state index < -0.39 is 9.84 Å². The Balaban J connectivity index is 1.70. The molecule has 1 saturated heterocycles. The minimum Gasteiger partial charge on any atom is -0.461 e. The molecule has 3 unspecified atom stereocenters. The Hall–Kier alpha value is -0.620. The second-order valence-corrected chi connectivity index (χ2v) is 8.00. The average molecular weight is 289 g/mol. The van der Waals surface area contributed by atoms with Crippen LogP contribution in [0.4, 0.5) is 0 Å². The normalized spacial score (nSPS) is 34.1. The van der Waals surface area contributed by atoms with E-state index in [9.17, 15) is 13.2 Å². The fourth-order valence-corrected chi connectivity index (χ4v) is 4.56. The monoisotopic (exact) mass is 289 g/mol. The maximum absolute atomic E-state index is 11.7. The van der Waals surface area contributed by atoms with Crippen LogP contribution in [0.5, 0.6) is 0 Å². The summed E-state index contributed by atoms with van der Waals surface area (Å²) in [6.45, 7) is 2.23. The average Bonchev–Trinajstić information content (AvgIpc) is 2.69. The van der Waals surface area contributed by atoms with Crippen LogP contribution in [0, 0.1) is 5.92 Å². The first kappa shape index (κ1) is 14.8. The maximum atomic E-state index is 11.7. The van der Waals surface area contributed by atoms with Crippen molar-refractivity contribution in [3.8, 4) is 0 Å². The van der Waals surface area contributed by atoms with Gasteiger partial charge >= 0.3 is 5.97 Å². The molecule has 2 aliphatic rings. The van der Waals surface area contributed by atoms with Crippen LogP contribution in [0.25, 0.3) is 0 Å². The van der Waals surface area contributed by atoms with E-state index in [0.717, 1.165) is 19.3 Å². The molecule has 0 aromatic heterocycles. The van der Waals surface area contributed by atoms with Gasteiger partial charge in [-0.2, -0.15) is 0 Å². The van der Waals surface area contributed by atoms with E-state index in [1.165, 1.54) is 6.42 Å². The van der Waals surface area contributed by atoms with Gasteiger partial charge in [0.2, 0.25) is 0 Å². The van der Waals surface area contributed by atoms with Crippen molar-refractivity contribution in [1.29, 1.82) is 0 Å². The quantitative estimate of drug-likeness (QED) is 0.778. The Morgan fingerprint density at radius 1 is 1.26 bits per heavy atom. The molecule has 0 bridgehead atoms. The van der Waals surface area contributed by atoms with Crippen LogP contribution in [0.15, 0.2) is 0 Å². The lowest BCUT2D eigenvalue weighted by Crippen LogP contribution is -2.38. The molecule has 1 heterocycles. The van der Waals surface area contributed by atoms with E-state index in [1.54, 1.807) is 0 Å².